The summed E-state index contributed by atoms with van der Waals surface area (Å²) in [6.07, 6.45) is 1.44. The zero-order valence-corrected chi connectivity index (χ0v) is 17.8. The van der Waals surface area contributed by atoms with E-state index in [1.54, 1.807) is 31.2 Å². The Balaban J connectivity index is 1.86. The van der Waals surface area contributed by atoms with E-state index in [0.717, 1.165) is 0 Å². The van der Waals surface area contributed by atoms with E-state index in [2.05, 4.69) is 0 Å². The molecule has 0 spiro atoms. The van der Waals surface area contributed by atoms with Crippen molar-refractivity contribution in [1.82, 2.24) is 4.90 Å². The molecule has 1 aromatic heterocycles. The quantitative estimate of drug-likeness (QED) is 0.318. The Morgan fingerprint density at radius 2 is 1.97 bits per heavy atom. The molecule has 0 aliphatic carbocycles. The van der Waals surface area contributed by atoms with Gasteiger partial charge in [0.1, 0.15) is 23.1 Å². The number of hydrogen-bond donors (Lipinski definition) is 1. The van der Waals surface area contributed by atoms with Crippen LogP contribution in [0.2, 0.25) is 5.02 Å². The van der Waals surface area contributed by atoms with Crippen LogP contribution < -0.4 is 4.74 Å². The molecule has 32 heavy (non-hydrogen) atoms. The number of hydrogen-bond acceptors (Lipinski definition) is 5. The first-order valence-electron chi connectivity index (χ1n) is 9.90. The number of ketones is 1. The summed E-state index contributed by atoms with van der Waals surface area (Å²) in [7, 11) is 0. The van der Waals surface area contributed by atoms with Crippen LogP contribution in [0.3, 0.4) is 0 Å². The maximum absolute atomic E-state index is 14.8. The van der Waals surface area contributed by atoms with E-state index in [1.807, 2.05) is 0 Å². The van der Waals surface area contributed by atoms with E-state index in [9.17, 15) is 19.1 Å². The summed E-state index contributed by atoms with van der Waals surface area (Å²) in [6, 6.07) is 12.4. The number of furan rings is 1. The molecular weight excluding hydrogens is 437 g/mol. The predicted octanol–water partition coefficient (Wildman–Crippen LogP) is 5.09. The smallest absolute Gasteiger partial charge is 0.296 e. The molecule has 0 unspecified atom stereocenters. The third-order valence-corrected chi connectivity index (χ3v) is 5.45. The third-order valence-electron chi connectivity index (χ3n) is 5.15. The van der Waals surface area contributed by atoms with Gasteiger partial charge >= 0.3 is 0 Å². The molecule has 1 saturated heterocycles. The van der Waals surface area contributed by atoms with Crippen molar-refractivity contribution in [2.24, 2.45) is 0 Å². The highest BCUT2D eigenvalue weighted by atomic mass is 35.5. The zero-order chi connectivity index (χ0) is 22.8. The topological polar surface area (TPSA) is 80.0 Å². The Morgan fingerprint density at radius 3 is 2.62 bits per heavy atom. The van der Waals surface area contributed by atoms with Gasteiger partial charge in [-0.25, -0.2) is 4.39 Å². The number of ether oxygens (including phenoxy) is 1. The van der Waals surface area contributed by atoms with Gasteiger partial charge < -0.3 is 19.2 Å². The molecule has 1 N–H and O–H groups in total. The highest BCUT2D eigenvalue weighted by Crippen LogP contribution is 2.41. The largest absolute Gasteiger partial charge is 0.507 e. The first-order valence-corrected chi connectivity index (χ1v) is 10.3. The molecule has 1 atom stereocenters. The van der Waals surface area contributed by atoms with Crippen molar-refractivity contribution in [1.29, 1.82) is 0 Å². The molecule has 164 valence electrons. The first-order chi connectivity index (χ1) is 15.4. The van der Waals surface area contributed by atoms with E-state index in [1.165, 1.54) is 41.5 Å². The Morgan fingerprint density at radius 1 is 1.19 bits per heavy atom. The fourth-order valence-corrected chi connectivity index (χ4v) is 3.95. The summed E-state index contributed by atoms with van der Waals surface area (Å²) in [5.74, 6) is -2.03. The second kappa shape index (κ2) is 8.88. The Hall–Kier alpha value is -3.58. The lowest BCUT2D eigenvalue weighted by atomic mass is 9.95. The van der Waals surface area contributed by atoms with Crippen molar-refractivity contribution >= 4 is 29.1 Å². The summed E-state index contributed by atoms with van der Waals surface area (Å²) in [5, 5.41) is 11.3. The lowest BCUT2D eigenvalue weighted by Crippen LogP contribution is -2.29. The fourth-order valence-electron chi connectivity index (χ4n) is 3.71. The summed E-state index contributed by atoms with van der Waals surface area (Å²) in [4.78, 5) is 27.1. The van der Waals surface area contributed by atoms with Crippen LogP contribution in [0.25, 0.3) is 5.76 Å². The third kappa shape index (κ3) is 3.87. The maximum atomic E-state index is 14.8. The molecule has 1 amide bonds. The number of carbonyl (C=O) groups excluding carboxylic acids is 2. The summed E-state index contributed by atoms with van der Waals surface area (Å²) >= 11 is 6.23. The van der Waals surface area contributed by atoms with Crippen molar-refractivity contribution in [3.63, 3.8) is 0 Å². The van der Waals surface area contributed by atoms with Crippen LogP contribution in [0.4, 0.5) is 4.39 Å². The number of halogens is 2. The lowest BCUT2D eigenvalue weighted by Gasteiger charge is -2.24. The van der Waals surface area contributed by atoms with Crippen molar-refractivity contribution in [2.45, 2.75) is 19.5 Å². The Kier molecular flexibility index (Phi) is 6.01. The minimum Gasteiger partial charge on any atom is -0.507 e. The van der Waals surface area contributed by atoms with Crippen molar-refractivity contribution in [3.05, 3.63) is 94.2 Å². The molecule has 1 fully saturated rings. The molecule has 0 saturated carbocycles. The fraction of sp³-hybridized carbons (Fsp3) is 0.167. The van der Waals surface area contributed by atoms with E-state index in [4.69, 9.17) is 20.8 Å². The normalized spacial score (nSPS) is 17.7. The number of benzene rings is 2. The summed E-state index contributed by atoms with van der Waals surface area (Å²) in [5.41, 5.74) is 0.0551. The number of amides is 1. The second-order valence-electron chi connectivity index (χ2n) is 7.11. The second-order valence-corrected chi connectivity index (χ2v) is 7.51. The van der Waals surface area contributed by atoms with Gasteiger partial charge in [-0.2, -0.15) is 0 Å². The van der Waals surface area contributed by atoms with Crippen LogP contribution in [0.5, 0.6) is 5.75 Å². The van der Waals surface area contributed by atoms with E-state index in [0.29, 0.717) is 18.1 Å². The molecule has 1 aliphatic heterocycles. The first kappa shape index (κ1) is 21.6. The van der Waals surface area contributed by atoms with E-state index >= 15 is 0 Å². The lowest BCUT2D eigenvalue weighted by molar-refractivity contribution is -0.140. The van der Waals surface area contributed by atoms with E-state index in [-0.39, 0.29) is 28.3 Å². The Labute approximate surface area is 188 Å². The number of likely N-dealkylation sites (tertiary alicyclic amines) is 1. The number of carbonyl (C=O) groups is 2. The molecule has 8 heteroatoms. The minimum absolute atomic E-state index is 0.0720. The average molecular weight is 456 g/mol. The highest BCUT2D eigenvalue weighted by molar-refractivity contribution is 6.46. The number of aliphatic hydroxyl groups excluding tert-OH is 1. The molecule has 6 nitrogen and oxygen atoms in total. The minimum atomic E-state index is -1.15. The molecule has 0 bridgehead atoms. The molecule has 2 aromatic carbocycles. The van der Waals surface area contributed by atoms with Crippen molar-refractivity contribution < 1.29 is 28.2 Å². The van der Waals surface area contributed by atoms with Crippen LogP contribution in [0, 0.1) is 5.82 Å². The van der Waals surface area contributed by atoms with Gasteiger partial charge in [-0.15, -0.1) is 0 Å². The summed E-state index contributed by atoms with van der Waals surface area (Å²) < 4.78 is 25.5. The SMILES string of the molecule is CCOc1ccc(C(O)=C2C(=O)C(=O)N(Cc3ccco3)[C@@H]2c2ccccc2F)cc1Cl. The van der Waals surface area contributed by atoms with Crippen LogP contribution >= 0.6 is 11.6 Å². The van der Waals surface area contributed by atoms with Gasteiger partial charge in [-0.05, 0) is 43.3 Å². The molecule has 2 heterocycles. The van der Waals surface area contributed by atoms with Crippen LogP contribution in [0.1, 0.15) is 29.9 Å². The molecule has 1 aliphatic rings. The summed E-state index contributed by atoms with van der Waals surface area (Å²) in [6.45, 7) is 2.13. The number of Topliss-reactive ketones (excluding diaryl/α,β-unsaturated/α-hetero) is 1. The molecular formula is C24H19ClFNO5. The van der Waals surface area contributed by atoms with Crippen molar-refractivity contribution in [2.75, 3.05) is 6.61 Å². The standard InChI is InChI=1S/C24H19ClFNO5/c1-2-31-19-10-9-14(12-17(19)25)22(28)20-21(16-7-3-4-8-18(16)26)27(24(30)23(20)29)13-15-6-5-11-32-15/h3-12,21,28H,2,13H2,1H3/t21-/m1/s1. The maximum Gasteiger partial charge on any atom is 0.296 e. The van der Waals surface area contributed by atoms with Gasteiger partial charge in [0.25, 0.3) is 11.7 Å². The predicted molar refractivity (Wildman–Crippen MR) is 116 cm³/mol. The van der Waals surface area contributed by atoms with Gasteiger partial charge in [0.05, 0.1) is 36.1 Å². The van der Waals surface area contributed by atoms with E-state index < -0.39 is 29.3 Å². The van der Waals surface area contributed by atoms with Crippen LogP contribution in [-0.4, -0.2) is 28.3 Å². The monoisotopic (exact) mass is 455 g/mol. The van der Waals surface area contributed by atoms with Gasteiger partial charge in [-0.1, -0.05) is 29.8 Å². The average Bonchev–Trinajstić information content (AvgIpc) is 3.38. The van der Waals surface area contributed by atoms with Gasteiger partial charge in [0.2, 0.25) is 0 Å². The number of nitrogens with zero attached hydrogens (tertiary/aromatic N) is 1. The van der Waals surface area contributed by atoms with Gasteiger partial charge in [-0.3, -0.25) is 9.59 Å². The zero-order valence-electron chi connectivity index (χ0n) is 17.0. The number of aliphatic hydroxyl groups is 1. The van der Waals surface area contributed by atoms with Crippen LogP contribution in [0.15, 0.2) is 70.9 Å². The molecule has 0 radical (unpaired) electrons. The van der Waals surface area contributed by atoms with Gasteiger partial charge in [0.15, 0.2) is 0 Å². The van der Waals surface area contributed by atoms with Gasteiger partial charge in [0, 0.05) is 11.1 Å². The number of rotatable bonds is 6. The molecule has 3 aromatic rings. The highest BCUT2D eigenvalue weighted by Gasteiger charge is 2.47. The van der Waals surface area contributed by atoms with Crippen molar-refractivity contribution in [3.8, 4) is 5.75 Å². The van der Waals surface area contributed by atoms with Crippen LogP contribution in [-0.2, 0) is 16.1 Å². The molecule has 4 rings (SSSR count). The Bertz CT molecular complexity index is 1200.